The van der Waals surface area contributed by atoms with Crippen LogP contribution in [0.1, 0.15) is 143 Å². The van der Waals surface area contributed by atoms with Crippen molar-refractivity contribution in [2.45, 2.75) is 179 Å². The van der Waals surface area contributed by atoms with Crippen LogP contribution in [0, 0.1) is 23.7 Å². The molecule has 14 atom stereocenters. The van der Waals surface area contributed by atoms with E-state index in [1.54, 1.807) is 72.8 Å². The Bertz CT molecular complexity index is 3810. The highest BCUT2D eigenvalue weighted by Crippen LogP contribution is 2.64. The second-order valence-corrected chi connectivity index (χ2v) is 26.7. The van der Waals surface area contributed by atoms with E-state index < -0.39 is 186 Å². The SMILES string of the molecule is CC(=O)O[C@H]1C(=O)[C@@]2(C)[C@H]([C@H](OC(=O)c3ccccc3)[C@]3(O)C[C@H](OC(=O)[C@H](OCCC(=O)NCCCC[C@H](NC(=O)CC[C@@H](NC(=O)[C@H](C)NC(=O)/C=C/c4ccc(C)cc4)C(N)=O)C(=O)O)[C@@H](NC(=O)c4ccccc4)c4ccccc4)C(C)=C1C3(C)C)[C@]1(OC(C)=O)CO[C@@H]1C[C@@H]2O. The molecule has 4 aromatic rings. The van der Waals surface area contributed by atoms with Gasteiger partial charge in [-0.25, -0.2) is 14.4 Å². The minimum atomic E-state index is -2.52. The van der Waals surface area contributed by atoms with Gasteiger partial charge in [-0.1, -0.05) is 110 Å². The summed E-state index contributed by atoms with van der Waals surface area (Å²) in [5.74, 6) is -12.3. The molecule has 3 fully saturated rings. The lowest BCUT2D eigenvalue weighted by molar-refractivity contribution is -0.346. The number of unbranched alkanes of at least 4 members (excludes halogenated alkanes) is 1. The lowest BCUT2D eigenvalue weighted by atomic mass is 9.44. The number of amides is 6. The summed E-state index contributed by atoms with van der Waals surface area (Å²) in [6.07, 6.45) is -9.02. The number of esters is 4. The van der Waals surface area contributed by atoms with Gasteiger partial charge >= 0.3 is 29.8 Å². The van der Waals surface area contributed by atoms with E-state index in [1.807, 2.05) is 31.2 Å². The molecule has 1 heterocycles. The second kappa shape index (κ2) is 33.0. The van der Waals surface area contributed by atoms with Gasteiger partial charge in [0.15, 0.2) is 23.6 Å². The summed E-state index contributed by atoms with van der Waals surface area (Å²) in [5.41, 5.74) is -0.470. The van der Waals surface area contributed by atoms with Crippen molar-refractivity contribution in [2.75, 3.05) is 19.8 Å². The standard InChI is InChI=1S/C74H88N6O21/c1-41-27-29-46(30-28-41)31-33-56(85)77-43(3)66(89)79-50(65(75)88)32-34-57(86)78-51(68(91)92)26-18-19-36-76-55(84)35-37-96-61(59(47-20-12-9-13-21-47)80-67(90)48-22-14-10-15-23-48)70(94)99-52-39-74(95)64(100-69(93)49-24-16-11-17-25-49)62-72(8,53(83)38-54-73(62,40-97-54)101-45(5)82)63(87)60(98-44(4)81)58(42(52)2)71(74,6)7/h9-17,20-25,27-31,33,43,50-54,59-62,64,83,95H,18-19,26,32,34-40H2,1-8H3,(H2,75,88)(H,76,84)(H,77,85)(H,78,86)(H,79,89)(H,80,90)(H,91,92)/b33-31+/t43-,50+,51-,52-,53-,54+,59-,60+,61+,62-,64-,72+,73-,74+/m0/s1. The Balaban J connectivity index is 0.988. The predicted molar refractivity (Wildman–Crippen MR) is 361 cm³/mol. The fourth-order valence-electron chi connectivity index (χ4n) is 14.0. The molecule has 4 aliphatic rings. The van der Waals surface area contributed by atoms with Gasteiger partial charge in [0.2, 0.25) is 29.5 Å². The first kappa shape index (κ1) is 76.8. The molecular formula is C74H88N6O21. The first-order valence-electron chi connectivity index (χ1n) is 33.4. The number of ketones is 1. The lowest BCUT2D eigenvalue weighted by Gasteiger charge is -2.67. The zero-order valence-electron chi connectivity index (χ0n) is 57.5. The van der Waals surface area contributed by atoms with E-state index in [1.165, 1.54) is 65.0 Å². The number of aryl methyl sites for hydroxylation is 1. The molecule has 6 amide bonds. The Morgan fingerprint density at radius 1 is 0.733 bits per heavy atom. The summed E-state index contributed by atoms with van der Waals surface area (Å²) < 4.78 is 37.5. The third kappa shape index (κ3) is 17.6. The summed E-state index contributed by atoms with van der Waals surface area (Å²) in [6, 6.07) is 26.0. The first-order chi connectivity index (χ1) is 47.8. The van der Waals surface area contributed by atoms with E-state index in [9.17, 15) is 63.3 Å². The fraction of sp³-hybridized carbons (Fsp3) is 0.459. The number of carboxylic acid groups (broad SMARTS) is 1. The topological polar surface area (TPSA) is 407 Å². The van der Waals surface area contributed by atoms with Gasteiger partial charge < -0.3 is 76.1 Å². The van der Waals surface area contributed by atoms with Crippen molar-refractivity contribution in [1.29, 1.82) is 0 Å². The molecule has 1 aliphatic heterocycles. The number of rotatable bonds is 30. The third-order valence-electron chi connectivity index (χ3n) is 19.5. The maximum Gasteiger partial charge on any atom is 0.338 e. The Kier molecular flexibility index (Phi) is 25.1. The van der Waals surface area contributed by atoms with Crippen LogP contribution < -0.4 is 32.3 Å². The Labute approximate surface area is 584 Å². The highest BCUT2D eigenvalue weighted by molar-refractivity contribution is 5.98. The molecule has 0 spiro atoms. The van der Waals surface area contributed by atoms with Crippen molar-refractivity contribution >= 4 is 77.1 Å². The van der Waals surface area contributed by atoms with Crippen molar-refractivity contribution < 1.29 is 101 Å². The van der Waals surface area contributed by atoms with Crippen LogP contribution in [0.2, 0.25) is 0 Å². The van der Waals surface area contributed by atoms with Gasteiger partial charge in [0.1, 0.15) is 42.0 Å². The number of aliphatic carboxylic acids is 1. The number of benzene rings is 4. The molecule has 101 heavy (non-hydrogen) atoms. The number of aliphatic hydroxyl groups is 2. The zero-order chi connectivity index (χ0) is 73.7. The molecule has 27 heteroatoms. The second-order valence-electron chi connectivity index (χ2n) is 26.7. The van der Waals surface area contributed by atoms with Crippen LogP contribution in [0.15, 0.2) is 132 Å². The molecule has 0 radical (unpaired) electrons. The lowest BCUT2D eigenvalue weighted by Crippen LogP contribution is -2.82. The van der Waals surface area contributed by atoms with Crippen LogP contribution in [-0.2, 0) is 76.4 Å². The molecule has 0 aromatic heterocycles. The zero-order valence-corrected chi connectivity index (χ0v) is 57.5. The first-order valence-corrected chi connectivity index (χ1v) is 33.4. The average Bonchev–Trinajstić information content (AvgIpc) is 0.669. The summed E-state index contributed by atoms with van der Waals surface area (Å²) >= 11 is 0. The smallest absolute Gasteiger partial charge is 0.338 e. The normalized spacial score (nSPS) is 24.8. The maximum atomic E-state index is 15.9. The maximum absolute atomic E-state index is 15.9. The van der Waals surface area contributed by atoms with Crippen molar-refractivity contribution in [1.82, 2.24) is 26.6 Å². The summed E-state index contributed by atoms with van der Waals surface area (Å²) in [5, 5.41) is 49.4. The van der Waals surface area contributed by atoms with E-state index in [0.29, 0.717) is 5.56 Å². The number of hydrogen-bond acceptors (Lipinski definition) is 20. The molecule has 3 aliphatic carbocycles. The van der Waals surface area contributed by atoms with Crippen LogP contribution in [0.5, 0.6) is 0 Å². The molecular weight excluding hydrogens is 1310 g/mol. The Morgan fingerprint density at radius 3 is 1.96 bits per heavy atom. The van der Waals surface area contributed by atoms with E-state index >= 15 is 9.59 Å². The van der Waals surface area contributed by atoms with Crippen molar-refractivity contribution in [3.63, 3.8) is 0 Å². The Morgan fingerprint density at radius 2 is 1.37 bits per heavy atom. The average molecular weight is 1400 g/mol. The molecule has 2 saturated carbocycles. The van der Waals surface area contributed by atoms with Crippen molar-refractivity contribution in [3.8, 4) is 0 Å². The number of carboxylic acids is 1. The summed E-state index contributed by atoms with van der Waals surface area (Å²) in [6.45, 7) is 10.5. The molecule has 8 rings (SSSR count). The minimum Gasteiger partial charge on any atom is -0.480 e. The van der Waals surface area contributed by atoms with E-state index in [0.717, 1.165) is 25.0 Å². The van der Waals surface area contributed by atoms with Crippen LogP contribution in [0.3, 0.4) is 0 Å². The summed E-state index contributed by atoms with van der Waals surface area (Å²) in [7, 11) is 0. The highest BCUT2D eigenvalue weighted by Gasteiger charge is 2.78. The quantitative estimate of drug-likeness (QED) is 0.0116. The number of aliphatic hydroxyl groups excluding tert-OH is 1. The number of fused-ring (bicyclic) bond motifs is 5. The van der Waals surface area contributed by atoms with Crippen LogP contribution in [0.4, 0.5) is 0 Å². The Hall–Kier alpha value is -9.96. The van der Waals surface area contributed by atoms with Gasteiger partial charge in [-0.15, -0.1) is 0 Å². The number of ether oxygens (including phenoxy) is 6. The molecule has 2 bridgehead atoms. The van der Waals surface area contributed by atoms with E-state index in [2.05, 4.69) is 26.6 Å². The van der Waals surface area contributed by atoms with Crippen LogP contribution in [-0.4, -0.2) is 172 Å². The van der Waals surface area contributed by atoms with Gasteiger partial charge in [0, 0.05) is 63.1 Å². The van der Waals surface area contributed by atoms with Crippen molar-refractivity contribution in [2.24, 2.45) is 22.5 Å². The van der Waals surface area contributed by atoms with Gasteiger partial charge in [-0.05, 0) is 106 Å². The number of Topliss-reactive ketones (excluding diaryl/α,β-unsaturated/α-hetero) is 1. The number of nitrogens with one attached hydrogen (secondary N) is 5. The highest BCUT2D eigenvalue weighted by atomic mass is 16.6. The number of carbonyl (C=O) groups is 12. The van der Waals surface area contributed by atoms with Gasteiger partial charge in [0.25, 0.3) is 5.91 Å². The number of carbonyl (C=O) groups excluding carboxylic acids is 11. The van der Waals surface area contributed by atoms with Crippen molar-refractivity contribution in [3.05, 3.63) is 160 Å². The van der Waals surface area contributed by atoms with Crippen LogP contribution >= 0.6 is 0 Å². The largest absolute Gasteiger partial charge is 0.480 e. The third-order valence-corrected chi connectivity index (χ3v) is 19.5. The summed E-state index contributed by atoms with van der Waals surface area (Å²) in [4.78, 5) is 164. The number of hydrogen-bond donors (Lipinski definition) is 9. The predicted octanol–water partition coefficient (Wildman–Crippen LogP) is 4.28. The monoisotopic (exact) mass is 1400 g/mol. The molecule has 540 valence electrons. The van der Waals surface area contributed by atoms with E-state index in [-0.39, 0.29) is 67.5 Å². The van der Waals surface area contributed by atoms with E-state index in [4.69, 9.17) is 34.2 Å². The number of primary amides is 1. The molecule has 0 unspecified atom stereocenters. The molecule has 1 saturated heterocycles. The van der Waals surface area contributed by atoms with Gasteiger partial charge in [-0.2, -0.15) is 0 Å². The molecule has 10 N–H and O–H groups in total. The molecule has 4 aromatic carbocycles. The number of nitrogens with two attached hydrogens (primary N) is 1. The minimum absolute atomic E-state index is 0.00822. The fourth-order valence-corrected chi connectivity index (χ4v) is 14.0. The van der Waals surface area contributed by atoms with Gasteiger partial charge in [0.05, 0.1) is 42.3 Å². The van der Waals surface area contributed by atoms with Gasteiger partial charge in [-0.3, -0.25) is 43.2 Å². The molecule has 27 nitrogen and oxygen atoms in total. The van der Waals surface area contributed by atoms with Crippen LogP contribution in [0.25, 0.3) is 6.08 Å².